The average Bonchev–Trinajstić information content (AvgIpc) is 2.49. The molecule has 2 atom stereocenters. The topological polar surface area (TPSA) is 29.1 Å². The number of hydrogen-bond acceptors (Lipinski definition) is 1. The molecule has 2 rings (SSSR count). The summed E-state index contributed by atoms with van der Waals surface area (Å²) >= 11 is 0. The quantitative estimate of drug-likeness (QED) is 0.889. The number of carbonyl (C=O) groups excluding carboxylic acids is 1. The van der Waals surface area contributed by atoms with Gasteiger partial charge in [-0.1, -0.05) is 67.6 Å². The summed E-state index contributed by atoms with van der Waals surface area (Å²) in [5.74, 6) is 0.0414. The maximum absolute atomic E-state index is 12.2. The van der Waals surface area contributed by atoms with E-state index in [0.717, 1.165) is 5.56 Å². The average molecular weight is 253 g/mol. The first kappa shape index (κ1) is 13.3. The van der Waals surface area contributed by atoms with E-state index >= 15 is 0 Å². The lowest BCUT2D eigenvalue weighted by Gasteiger charge is -2.23. The number of carbonyl (C=O) groups is 1. The molecule has 2 nitrogen and oxygen atoms in total. The van der Waals surface area contributed by atoms with Crippen molar-refractivity contribution in [3.8, 4) is 0 Å². The smallest absolute Gasteiger partial charge is 0.227 e. The highest BCUT2D eigenvalue weighted by Crippen LogP contribution is 2.32. The van der Waals surface area contributed by atoms with Crippen LogP contribution in [0.5, 0.6) is 0 Å². The normalized spacial score (nSPS) is 13.6. The largest absolute Gasteiger partial charge is 0.359 e. The van der Waals surface area contributed by atoms with Crippen molar-refractivity contribution in [3.05, 3.63) is 71.8 Å². The molecule has 0 aliphatic rings. The van der Waals surface area contributed by atoms with Gasteiger partial charge in [0.15, 0.2) is 0 Å². The molecule has 0 heterocycles. The van der Waals surface area contributed by atoms with Gasteiger partial charge < -0.3 is 5.32 Å². The number of benzene rings is 2. The number of amides is 1. The molecule has 0 spiro atoms. The lowest BCUT2D eigenvalue weighted by Crippen LogP contribution is -2.29. The fourth-order valence-corrected chi connectivity index (χ4v) is 2.43. The first-order valence-electron chi connectivity index (χ1n) is 6.55. The summed E-state index contributed by atoms with van der Waals surface area (Å²) in [7, 11) is 1.69. The summed E-state index contributed by atoms with van der Waals surface area (Å²) in [5.41, 5.74) is 2.23. The van der Waals surface area contributed by atoms with E-state index in [0.29, 0.717) is 0 Å². The van der Waals surface area contributed by atoms with E-state index in [-0.39, 0.29) is 17.7 Å². The van der Waals surface area contributed by atoms with Gasteiger partial charge >= 0.3 is 0 Å². The molecule has 0 radical (unpaired) electrons. The van der Waals surface area contributed by atoms with Crippen LogP contribution in [-0.4, -0.2) is 13.0 Å². The molecule has 0 saturated heterocycles. The van der Waals surface area contributed by atoms with E-state index < -0.39 is 0 Å². The molecule has 1 amide bonds. The van der Waals surface area contributed by atoms with Gasteiger partial charge in [0.2, 0.25) is 5.91 Å². The van der Waals surface area contributed by atoms with Gasteiger partial charge in [0.1, 0.15) is 0 Å². The highest BCUT2D eigenvalue weighted by molar-refractivity contribution is 5.84. The molecule has 0 fully saturated rings. The zero-order valence-electron chi connectivity index (χ0n) is 11.3. The van der Waals surface area contributed by atoms with Crippen molar-refractivity contribution in [2.24, 2.45) is 0 Å². The highest BCUT2D eigenvalue weighted by atomic mass is 16.1. The summed E-state index contributed by atoms with van der Waals surface area (Å²) in [6.45, 7) is 2.10. The Labute approximate surface area is 114 Å². The third-order valence-electron chi connectivity index (χ3n) is 3.51. The van der Waals surface area contributed by atoms with Crippen LogP contribution in [0, 0.1) is 0 Å². The van der Waals surface area contributed by atoms with E-state index in [1.807, 2.05) is 48.5 Å². The predicted molar refractivity (Wildman–Crippen MR) is 78.1 cm³/mol. The molecule has 0 aliphatic heterocycles. The van der Waals surface area contributed by atoms with Crippen LogP contribution in [0.15, 0.2) is 60.7 Å². The van der Waals surface area contributed by atoms with E-state index in [9.17, 15) is 4.79 Å². The van der Waals surface area contributed by atoms with Crippen LogP contribution in [0.4, 0.5) is 0 Å². The van der Waals surface area contributed by atoms with Gasteiger partial charge in [-0.2, -0.15) is 0 Å². The molecule has 0 aromatic heterocycles. The van der Waals surface area contributed by atoms with E-state index in [2.05, 4.69) is 24.4 Å². The van der Waals surface area contributed by atoms with Crippen molar-refractivity contribution >= 4 is 5.91 Å². The Morgan fingerprint density at radius 2 is 1.37 bits per heavy atom. The predicted octanol–water partition coefficient (Wildman–Crippen LogP) is 3.32. The van der Waals surface area contributed by atoms with Gasteiger partial charge in [0.05, 0.1) is 5.92 Å². The molecule has 2 heteroatoms. The van der Waals surface area contributed by atoms with Gasteiger partial charge in [-0.15, -0.1) is 0 Å². The van der Waals surface area contributed by atoms with Crippen molar-refractivity contribution in [2.45, 2.75) is 18.8 Å². The molecular weight excluding hydrogens is 234 g/mol. The molecule has 19 heavy (non-hydrogen) atoms. The Kier molecular flexibility index (Phi) is 4.35. The minimum atomic E-state index is -0.159. The SMILES string of the molecule is CNC(=O)C(c1ccccc1)C(C)c1ccccc1. The van der Waals surface area contributed by atoms with Crippen LogP contribution in [0.25, 0.3) is 0 Å². The van der Waals surface area contributed by atoms with Crippen molar-refractivity contribution in [1.82, 2.24) is 5.32 Å². The second-order valence-electron chi connectivity index (χ2n) is 4.70. The molecule has 2 unspecified atom stereocenters. The second kappa shape index (κ2) is 6.19. The first-order valence-corrected chi connectivity index (χ1v) is 6.55. The number of rotatable bonds is 4. The van der Waals surface area contributed by atoms with Crippen LogP contribution in [0.1, 0.15) is 29.9 Å². The molecule has 2 aromatic carbocycles. The van der Waals surface area contributed by atoms with Gasteiger partial charge in [0, 0.05) is 7.05 Å². The molecular formula is C17H19NO. The number of likely N-dealkylation sites (N-methyl/N-ethyl adjacent to an activating group) is 1. The van der Waals surface area contributed by atoms with Crippen LogP contribution in [-0.2, 0) is 4.79 Å². The van der Waals surface area contributed by atoms with Crippen LogP contribution >= 0.6 is 0 Å². The van der Waals surface area contributed by atoms with Gasteiger partial charge in [0.25, 0.3) is 0 Å². The maximum Gasteiger partial charge on any atom is 0.227 e. The van der Waals surface area contributed by atoms with Gasteiger partial charge in [-0.05, 0) is 17.0 Å². The third-order valence-corrected chi connectivity index (χ3v) is 3.51. The Hall–Kier alpha value is -2.09. The van der Waals surface area contributed by atoms with E-state index in [1.54, 1.807) is 7.05 Å². The number of hydrogen-bond donors (Lipinski definition) is 1. The molecule has 0 aliphatic carbocycles. The van der Waals surface area contributed by atoms with E-state index in [4.69, 9.17) is 0 Å². The fourth-order valence-electron chi connectivity index (χ4n) is 2.43. The molecule has 2 aromatic rings. The van der Waals surface area contributed by atoms with Gasteiger partial charge in [-0.3, -0.25) is 4.79 Å². The van der Waals surface area contributed by atoms with Crippen molar-refractivity contribution in [2.75, 3.05) is 7.05 Å². The first-order chi connectivity index (χ1) is 9.24. The van der Waals surface area contributed by atoms with Crippen LogP contribution in [0.2, 0.25) is 0 Å². The summed E-state index contributed by atoms with van der Waals surface area (Å²) in [6.07, 6.45) is 0. The second-order valence-corrected chi connectivity index (χ2v) is 4.70. The zero-order valence-corrected chi connectivity index (χ0v) is 11.3. The minimum absolute atomic E-state index is 0.0579. The standard InChI is InChI=1S/C17H19NO/c1-13(14-9-5-3-6-10-14)16(17(19)18-2)15-11-7-4-8-12-15/h3-13,16H,1-2H3,(H,18,19). The Bertz CT molecular complexity index is 521. The Morgan fingerprint density at radius 3 is 1.84 bits per heavy atom. The Balaban J connectivity index is 2.36. The summed E-state index contributed by atoms with van der Waals surface area (Å²) in [4.78, 5) is 12.2. The summed E-state index contributed by atoms with van der Waals surface area (Å²) in [6, 6.07) is 20.1. The lowest BCUT2D eigenvalue weighted by atomic mass is 9.82. The maximum atomic E-state index is 12.2. The van der Waals surface area contributed by atoms with Gasteiger partial charge in [-0.25, -0.2) is 0 Å². The third kappa shape index (κ3) is 3.02. The molecule has 98 valence electrons. The molecule has 0 bridgehead atoms. The fraction of sp³-hybridized carbons (Fsp3) is 0.235. The monoisotopic (exact) mass is 253 g/mol. The van der Waals surface area contributed by atoms with Crippen molar-refractivity contribution in [3.63, 3.8) is 0 Å². The zero-order chi connectivity index (χ0) is 13.7. The van der Waals surface area contributed by atoms with Crippen molar-refractivity contribution < 1.29 is 4.79 Å². The summed E-state index contributed by atoms with van der Waals surface area (Å²) in [5, 5.41) is 2.78. The lowest BCUT2D eigenvalue weighted by molar-refractivity contribution is -0.122. The van der Waals surface area contributed by atoms with Crippen LogP contribution < -0.4 is 5.32 Å². The Morgan fingerprint density at radius 1 is 0.895 bits per heavy atom. The highest BCUT2D eigenvalue weighted by Gasteiger charge is 2.26. The summed E-state index contributed by atoms with van der Waals surface area (Å²) < 4.78 is 0. The van der Waals surface area contributed by atoms with Crippen LogP contribution in [0.3, 0.4) is 0 Å². The molecule has 0 saturated carbocycles. The van der Waals surface area contributed by atoms with E-state index in [1.165, 1.54) is 5.56 Å². The minimum Gasteiger partial charge on any atom is -0.359 e. The van der Waals surface area contributed by atoms with Crippen molar-refractivity contribution in [1.29, 1.82) is 0 Å². The molecule has 1 N–H and O–H groups in total. The number of nitrogens with one attached hydrogen (secondary N) is 1.